The van der Waals surface area contributed by atoms with Crippen LogP contribution in [0.2, 0.25) is 0 Å². The summed E-state index contributed by atoms with van der Waals surface area (Å²) in [5, 5.41) is 0. The van der Waals surface area contributed by atoms with Crippen molar-refractivity contribution in [2.24, 2.45) is 0 Å². The maximum absolute atomic E-state index is 13.0. The zero-order valence-electron chi connectivity index (χ0n) is 13.3. The molecule has 1 aliphatic heterocycles. The first kappa shape index (κ1) is 17.6. The van der Waals surface area contributed by atoms with E-state index in [1.807, 2.05) is 4.90 Å². The molecule has 0 bridgehead atoms. The van der Waals surface area contributed by atoms with Crippen LogP contribution in [0.15, 0.2) is 36.5 Å². The van der Waals surface area contributed by atoms with E-state index in [9.17, 15) is 17.6 Å². The number of nitrogens with zero attached hydrogens (tertiary/aromatic N) is 3. The first-order chi connectivity index (χ1) is 11.9. The van der Waals surface area contributed by atoms with Crippen LogP contribution >= 0.6 is 0 Å². The van der Waals surface area contributed by atoms with Crippen LogP contribution in [0.1, 0.15) is 23.8 Å². The normalized spacial score (nSPS) is 18.4. The highest BCUT2D eigenvalue weighted by molar-refractivity contribution is 5.33. The van der Waals surface area contributed by atoms with Crippen molar-refractivity contribution in [1.29, 1.82) is 0 Å². The molecule has 0 radical (unpaired) electrons. The minimum Gasteiger partial charge on any atom is -0.370 e. The predicted octanol–water partition coefficient (Wildman–Crippen LogP) is 3.69. The summed E-state index contributed by atoms with van der Waals surface area (Å²) in [7, 11) is 0. The third kappa shape index (κ3) is 4.88. The third-order valence-electron chi connectivity index (χ3n) is 3.96. The van der Waals surface area contributed by atoms with Crippen LogP contribution in [0, 0.1) is 5.82 Å². The van der Waals surface area contributed by atoms with E-state index in [2.05, 4.69) is 9.97 Å². The number of hydrogen-bond donors (Lipinski definition) is 0. The second kappa shape index (κ2) is 7.35. The highest BCUT2D eigenvalue weighted by Crippen LogP contribution is 2.25. The fourth-order valence-corrected chi connectivity index (χ4v) is 2.66. The Labute approximate surface area is 142 Å². The van der Waals surface area contributed by atoms with Gasteiger partial charge in [-0.1, -0.05) is 12.1 Å². The zero-order chi connectivity index (χ0) is 17.9. The number of ether oxygens (including phenoxy) is 1. The molecule has 134 valence electrons. The summed E-state index contributed by atoms with van der Waals surface area (Å²) in [5.74, 6) is 0.0622. The van der Waals surface area contributed by atoms with Gasteiger partial charge in [0.2, 0.25) is 5.95 Å². The van der Waals surface area contributed by atoms with Gasteiger partial charge < -0.3 is 9.64 Å². The molecule has 0 N–H and O–H groups in total. The van der Waals surface area contributed by atoms with Gasteiger partial charge in [0.05, 0.1) is 13.2 Å². The number of anilines is 1. The number of aryl methyl sites for hydroxylation is 1. The number of morpholine rings is 1. The van der Waals surface area contributed by atoms with Crippen LogP contribution in [0.5, 0.6) is 0 Å². The number of rotatable bonds is 4. The Kier molecular flexibility index (Phi) is 5.17. The molecule has 0 amide bonds. The summed E-state index contributed by atoms with van der Waals surface area (Å²) in [6.45, 7) is 1.42. The van der Waals surface area contributed by atoms with Gasteiger partial charge in [-0.05, 0) is 30.2 Å². The van der Waals surface area contributed by atoms with Gasteiger partial charge in [-0.15, -0.1) is 0 Å². The zero-order valence-corrected chi connectivity index (χ0v) is 13.3. The first-order valence-electron chi connectivity index (χ1n) is 7.91. The number of alkyl halides is 3. The smallest absolute Gasteiger partial charge is 0.370 e. The highest BCUT2D eigenvalue weighted by Gasteiger charge is 2.27. The van der Waals surface area contributed by atoms with Crippen molar-refractivity contribution in [2.45, 2.75) is 25.1 Å². The molecule has 0 spiro atoms. The molecule has 0 aliphatic carbocycles. The van der Waals surface area contributed by atoms with Crippen LogP contribution < -0.4 is 4.90 Å². The van der Waals surface area contributed by atoms with Gasteiger partial charge in [0.1, 0.15) is 11.9 Å². The van der Waals surface area contributed by atoms with Crippen molar-refractivity contribution in [1.82, 2.24) is 9.97 Å². The monoisotopic (exact) mass is 355 g/mol. The molecule has 25 heavy (non-hydrogen) atoms. The van der Waals surface area contributed by atoms with E-state index >= 15 is 0 Å². The lowest BCUT2D eigenvalue weighted by atomic mass is 10.1. The van der Waals surface area contributed by atoms with Crippen LogP contribution in [0.4, 0.5) is 23.5 Å². The topological polar surface area (TPSA) is 38.2 Å². The van der Waals surface area contributed by atoms with Crippen molar-refractivity contribution in [3.05, 3.63) is 53.6 Å². The summed E-state index contributed by atoms with van der Waals surface area (Å²) in [5.41, 5.74) is 1.19. The van der Waals surface area contributed by atoms with E-state index < -0.39 is 12.6 Å². The lowest BCUT2D eigenvalue weighted by Gasteiger charge is -2.33. The lowest BCUT2D eigenvalue weighted by molar-refractivity contribution is -0.134. The van der Waals surface area contributed by atoms with Crippen molar-refractivity contribution < 1.29 is 22.3 Å². The summed E-state index contributed by atoms with van der Waals surface area (Å²) in [6, 6.07) is 7.54. The Bertz CT molecular complexity index is 706. The molecule has 2 aromatic rings. The average molecular weight is 355 g/mol. The van der Waals surface area contributed by atoms with E-state index in [-0.39, 0.29) is 18.3 Å². The Morgan fingerprint density at radius 1 is 1.16 bits per heavy atom. The van der Waals surface area contributed by atoms with Crippen molar-refractivity contribution in [3.8, 4) is 0 Å². The molecule has 1 unspecified atom stereocenters. The molecule has 1 aromatic heterocycles. The molecule has 1 fully saturated rings. The second-order valence-electron chi connectivity index (χ2n) is 5.82. The minimum atomic E-state index is -4.21. The molecular weight excluding hydrogens is 338 g/mol. The van der Waals surface area contributed by atoms with Crippen LogP contribution in [0.3, 0.4) is 0 Å². The maximum Gasteiger partial charge on any atom is 0.389 e. The van der Waals surface area contributed by atoms with Crippen molar-refractivity contribution in [3.63, 3.8) is 0 Å². The minimum absolute atomic E-state index is 0.176. The molecule has 1 aliphatic rings. The third-order valence-corrected chi connectivity index (χ3v) is 3.96. The molecule has 2 heterocycles. The number of benzene rings is 1. The summed E-state index contributed by atoms with van der Waals surface area (Å²) < 4.78 is 55.9. The van der Waals surface area contributed by atoms with Gasteiger partial charge in [0, 0.05) is 24.9 Å². The second-order valence-corrected chi connectivity index (χ2v) is 5.82. The van der Waals surface area contributed by atoms with Gasteiger partial charge in [-0.25, -0.2) is 14.4 Å². The summed E-state index contributed by atoms with van der Waals surface area (Å²) in [4.78, 5) is 10.3. The van der Waals surface area contributed by atoms with E-state index in [4.69, 9.17) is 4.74 Å². The molecular formula is C17H17F4N3O. The van der Waals surface area contributed by atoms with Crippen LogP contribution in [0.25, 0.3) is 0 Å². The van der Waals surface area contributed by atoms with E-state index in [0.717, 1.165) is 5.56 Å². The lowest BCUT2D eigenvalue weighted by Crippen LogP contribution is -2.39. The highest BCUT2D eigenvalue weighted by atomic mass is 19.4. The van der Waals surface area contributed by atoms with Crippen molar-refractivity contribution in [2.75, 3.05) is 24.6 Å². The Morgan fingerprint density at radius 3 is 2.64 bits per heavy atom. The van der Waals surface area contributed by atoms with E-state index in [0.29, 0.717) is 31.3 Å². The maximum atomic E-state index is 13.0. The quantitative estimate of drug-likeness (QED) is 0.784. The summed E-state index contributed by atoms with van der Waals surface area (Å²) in [6.07, 6.45) is -4.10. The number of aromatic nitrogens is 2. The molecule has 8 heteroatoms. The molecule has 4 nitrogen and oxygen atoms in total. The van der Waals surface area contributed by atoms with Crippen molar-refractivity contribution >= 4 is 5.95 Å². The molecule has 1 aromatic carbocycles. The number of hydrogen-bond acceptors (Lipinski definition) is 4. The molecule has 0 saturated carbocycles. The Hall–Kier alpha value is -2.22. The fourth-order valence-electron chi connectivity index (χ4n) is 2.66. The van der Waals surface area contributed by atoms with Gasteiger partial charge in [0.15, 0.2) is 0 Å². The number of halogens is 4. The van der Waals surface area contributed by atoms with E-state index in [1.54, 1.807) is 12.1 Å². The van der Waals surface area contributed by atoms with Crippen LogP contribution in [-0.4, -0.2) is 35.8 Å². The average Bonchev–Trinajstić information content (AvgIpc) is 2.60. The SMILES string of the molecule is Fc1ccc(C2CN(c3nccc(CCC(F)(F)F)n3)CCO2)cc1. The molecule has 1 saturated heterocycles. The Morgan fingerprint density at radius 2 is 1.92 bits per heavy atom. The predicted molar refractivity (Wildman–Crippen MR) is 83.7 cm³/mol. The first-order valence-corrected chi connectivity index (χ1v) is 7.91. The van der Waals surface area contributed by atoms with Gasteiger partial charge in [0.25, 0.3) is 0 Å². The summed E-state index contributed by atoms with van der Waals surface area (Å²) >= 11 is 0. The largest absolute Gasteiger partial charge is 0.389 e. The van der Waals surface area contributed by atoms with Gasteiger partial charge in [-0.2, -0.15) is 13.2 Å². The Balaban J connectivity index is 1.69. The van der Waals surface area contributed by atoms with E-state index in [1.165, 1.54) is 24.4 Å². The molecule has 1 atom stereocenters. The van der Waals surface area contributed by atoms with Crippen LogP contribution in [-0.2, 0) is 11.2 Å². The molecule has 3 rings (SSSR count). The van der Waals surface area contributed by atoms with Gasteiger partial charge in [-0.3, -0.25) is 0 Å². The van der Waals surface area contributed by atoms with Gasteiger partial charge >= 0.3 is 6.18 Å². The fraction of sp³-hybridized carbons (Fsp3) is 0.412. The standard InChI is InChI=1S/C17H17F4N3O/c18-13-3-1-12(2-4-13)15-11-24(9-10-25-15)16-22-8-6-14(23-16)5-7-17(19,20)21/h1-4,6,8,15H,5,7,9-11H2.